The molecule has 0 aliphatic heterocycles. The van der Waals surface area contributed by atoms with Crippen LogP contribution < -0.4 is 11.1 Å². The first-order chi connectivity index (χ1) is 10.4. The van der Waals surface area contributed by atoms with Crippen LogP contribution in [-0.4, -0.2) is 44.3 Å². The van der Waals surface area contributed by atoms with E-state index in [1.807, 2.05) is 0 Å². The van der Waals surface area contributed by atoms with Crippen molar-refractivity contribution in [1.29, 1.82) is 0 Å². The summed E-state index contributed by atoms with van der Waals surface area (Å²) in [5.74, 6) is -0.275. The monoisotopic (exact) mass is 361 g/mol. The molecule has 3 N–H and O–H groups in total. The first-order valence-corrected chi connectivity index (χ1v) is 8.90. The van der Waals surface area contributed by atoms with E-state index in [2.05, 4.69) is 5.32 Å². The fourth-order valence-electron chi connectivity index (χ4n) is 2.60. The summed E-state index contributed by atoms with van der Waals surface area (Å²) in [5, 5.41) is 2.89. The number of hydrogen-bond donors (Lipinski definition) is 2. The third-order valence-electron chi connectivity index (χ3n) is 3.95. The molecule has 0 saturated heterocycles. The van der Waals surface area contributed by atoms with Crippen molar-refractivity contribution in [3.8, 4) is 0 Å². The summed E-state index contributed by atoms with van der Waals surface area (Å²) in [7, 11) is -2.22. The fourth-order valence-corrected chi connectivity index (χ4v) is 3.74. The minimum absolute atomic E-state index is 0. The Balaban J connectivity index is 0.00000264. The van der Waals surface area contributed by atoms with Crippen LogP contribution in [-0.2, 0) is 14.8 Å². The third kappa shape index (κ3) is 5.46. The van der Waals surface area contributed by atoms with Crippen LogP contribution >= 0.6 is 12.4 Å². The van der Waals surface area contributed by atoms with Crippen LogP contribution in [0.4, 0.5) is 0 Å². The molecule has 130 valence electrons. The van der Waals surface area contributed by atoms with Crippen molar-refractivity contribution in [2.45, 2.75) is 42.7 Å². The number of likely N-dealkylation sites (N-methyl/N-ethyl adjacent to an activating group) is 1. The first kappa shape index (κ1) is 19.9. The Morgan fingerprint density at radius 1 is 1.22 bits per heavy atom. The number of carbonyl (C=O) groups excluding carboxylic acids is 1. The highest BCUT2D eigenvalue weighted by atomic mass is 35.5. The highest BCUT2D eigenvalue weighted by Gasteiger charge is 2.25. The van der Waals surface area contributed by atoms with Gasteiger partial charge in [0.2, 0.25) is 15.9 Å². The fraction of sp³-hybridized carbons (Fsp3) is 0.533. The van der Waals surface area contributed by atoms with Gasteiger partial charge < -0.3 is 11.1 Å². The summed E-state index contributed by atoms with van der Waals surface area (Å²) in [6.07, 6.45) is 3.48. The van der Waals surface area contributed by atoms with E-state index in [0.717, 1.165) is 30.0 Å². The molecule has 1 aromatic rings. The lowest BCUT2D eigenvalue weighted by atomic mass is 9.92. The number of nitrogens with one attached hydrogen (secondary N) is 1. The lowest BCUT2D eigenvalue weighted by molar-refractivity contribution is -0.122. The van der Waals surface area contributed by atoms with E-state index in [9.17, 15) is 13.2 Å². The van der Waals surface area contributed by atoms with Gasteiger partial charge in [-0.1, -0.05) is 18.2 Å². The van der Waals surface area contributed by atoms with Gasteiger partial charge in [0.1, 0.15) is 0 Å². The van der Waals surface area contributed by atoms with Crippen molar-refractivity contribution in [2.75, 3.05) is 13.6 Å². The molecule has 1 amide bonds. The van der Waals surface area contributed by atoms with E-state index >= 15 is 0 Å². The van der Waals surface area contributed by atoms with Crippen molar-refractivity contribution < 1.29 is 13.2 Å². The van der Waals surface area contributed by atoms with E-state index in [1.165, 1.54) is 19.2 Å². The number of nitrogens with two attached hydrogens (primary N) is 1. The van der Waals surface area contributed by atoms with Crippen LogP contribution in [0.15, 0.2) is 35.2 Å². The summed E-state index contributed by atoms with van der Waals surface area (Å²) in [6.45, 7) is -0.181. The summed E-state index contributed by atoms with van der Waals surface area (Å²) < 4.78 is 25.7. The summed E-state index contributed by atoms with van der Waals surface area (Å²) in [5.41, 5.74) is 5.83. The van der Waals surface area contributed by atoms with Crippen molar-refractivity contribution >= 4 is 28.3 Å². The predicted molar refractivity (Wildman–Crippen MR) is 91.9 cm³/mol. The zero-order valence-electron chi connectivity index (χ0n) is 13.1. The minimum Gasteiger partial charge on any atom is -0.352 e. The molecule has 0 spiro atoms. The second-order valence-electron chi connectivity index (χ2n) is 5.75. The quantitative estimate of drug-likeness (QED) is 0.821. The van der Waals surface area contributed by atoms with Gasteiger partial charge >= 0.3 is 0 Å². The van der Waals surface area contributed by atoms with Gasteiger partial charge in [0.25, 0.3) is 0 Å². The molecule has 0 atom stereocenters. The van der Waals surface area contributed by atoms with Crippen LogP contribution in [0, 0.1) is 0 Å². The number of sulfonamides is 1. The topological polar surface area (TPSA) is 92.5 Å². The Hall–Kier alpha value is -1.15. The molecule has 1 aromatic carbocycles. The van der Waals surface area contributed by atoms with Gasteiger partial charge in [0.05, 0.1) is 11.4 Å². The number of halogens is 1. The third-order valence-corrected chi connectivity index (χ3v) is 5.77. The maximum atomic E-state index is 12.3. The molecule has 0 unspecified atom stereocenters. The van der Waals surface area contributed by atoms with Crippen LogP contribution in [0.3, 0.4) is 0 Å². The van der Waals surface area contributed by atoms with E-state index in [1.54, 1.807) is 18.2 Å². The van der Waals surface area contributed by atoms with E-state index in [-0.39, 0.29) is 41.8 Å². The molecule has 1 saturated carbocycles. The van der Waals surface area contributed by atoms with Crippen LogP contribution in [0.25, 0.3) is 0 Å². The molecule has 6 nitrogen and oxygen atoms in total. The van der Waals surface area contributed by atoms with Gasteiger partial charge in [-0.25, -0.2) is 8.42 Å². The number of benzene rings is 1. The Labute approximate surface area is 143 Å². The van der Waals surface area contributed by atoms with Gasteiger partial charge in [-0.2, -0.15) is 4.31 Å². The molecule has 1 aliphatic carbocycles. The molecule has 0 heterocycles. The summed E-state index contributed by atoms with van der Waals surface area (Å²) >= 11 is 0. The molecule has 1 aliphatic rings. The van der Waals surface area contributed by atoms with Crippen molar-refractivity contribution in [2.24, 2.45) is 5.73 Å². The Kier molecular flexibility index (Phi) is 7.47. The SMILES string of the molecule is CN(CC(=O)NC1CCC(N)CC1)S(=O)(=O)c1ccccc1.Cl. The number of hydrogen-bond acceptors (Lipinski definition) is 4. The maximum absolute atomic E-state index is 12.3. The van der Waals surface area contributed by atoms with Crippen LogP contribution in [0.1, 0.15) is 25.7 Å². The summed E-state index contributed by atoms with van der Waals surface area (Å²) in [4.78, 5) is 12.2. The van der Waals surface area contributed by atoms with Crippen LogP contribution in [0.5, 0.6) is 0 Å². The number of carbonyl (C=O) groups is 1. The molecule has 0 aromatic heterocycles. The first-order valence-electron chi connectivity index (χ1n) is 7.46. The predicted octanol–water partition coefficient (Wildman–Crippen LogP) is 1.11. The van der Waals surface area contributed by atoms with E-state index < -0.39 is 10.0 Å². The molecule has 23 heavy (non-hydrogen) atoms. The number of nitrogens with zero attached hydrogens (tertiary/aromatic N) is 1. The van der Waals surface area contributed by atoms with Gasteiger partial charge in [-0.15, -0.1) is 12.4 Å². The largest absolute Gasteiger partial charge is 0.352 e. The maximum Gasteiger partial charge on any atom is 0.243 e. The Bertz CT molecular complexity index is 602. The lowest BCUT2D eigenvalue weighted by Crippen LogP contribution is -2.45. The zero-order chi connectivity index (χ0) is 16.2. The number of rotatable bonds is 5. The molecular formula is C15H24ClN3O3S. The second-order valence-corrected chi connectivity index (χ2v) is 7.80. The molecule has 0 bridgehead atoms. The van der Waals surface area contributed by atoms with Crippen molar-refractivity contribution in [1.82, 2.24) is 9.62 Å². The zero-order valence-corrected chi connectivity index (χ0v) is 14.8. The molecule has 0 radical (unpaired) electrons. The summed E-state index contributed by atoms with van der Waals surface area (Å²) in [6, 6.07) is 8.42. The smallest absolute Gasteiger partial charge is 0.243 e. The van der Waals surface area contributed by atoms with E-state index in [4.69, 9.17) is 5.73 Å². The van der Waals surface area contributed by atoms with Gasteiger partial charge in [0, 0.05) is 19.1 Å². The standard InChI is InChI=1S/C15H23N3O3S.ClH/c1-18(22(20,21)14-5-3-2-4-6-14)11-15(19)17-13-9-7-12(16)8-10-13;/h2-6,12-13H,7-11,16H2,1H3,(H,17,19);1H. The highest BCUT2D eigenvalue weighted by Crippen LogP contribution is 2.17. The molecule has 8 heteroatoms. The minimum atomic E-state index is -3.63. The van der Waals surface area contributed by atoms with Crippen molar-refractivity contribution in [3.05, 3.63) is 30.3 Å². The van der Waals surface area contributed by atoms with E-state index in [0.29, 0.717) is 0 Å². The average Bonchev–Trinajstić information content (AvgIpc) is 2.50. The van der Waals surface area contributed by atoms with Gasteiger partial charge in [-0.3, -0.25) is 4.79 Å². The second kappa shape index (κ2) is 8.63. The molecule has 1 fully saturated rings. The van der Waals surface area contributed by atoms with Crippen molar-refractivity contribution in [3.63, 3.8) is 0 Å². The normalized spacial score (nSPS) is 21.5. The molecular weight excluding hydrogens is 338 g/mol. The molecule has 2 rings (SSSR count). The van der Waals surface area contributed by atoms with Gasteiger partial charge in [-0.05, 0) is 37.8 Å². The van der Waals surface area contributed by atoms with Crippen LogP contribution in [0.2, 0.25) is 0 Å². The number of amides is 1. The highest BCUT2D eigenvalue weighted by molar-refractivity contribution is 7.89. The van der Waals surface area contributed by atoms with Gasteiger partial charge in [0.15, 0.2) is 0 Å². The lowest BCUT2D eigenvalue weighted by Gasteiger charge is -2.27. The average molecular weight is 362 g/mol. The Morgan fingerprint density at radius 3 is 2.35 bits per heavy atom. The Morgan fingerprint density at radius 2 is 1.78 bits per heavy atom.